The molecule has 4 heterocycles. The molecule has 600 valence electrons. The Hall–Kier alpha value is -9.44. The van der Waals surface area contributed by atoms with Crippen molar-refractivity contribution in [1.29, 1.82) is 0 Å². The maximum Gasteiger partial charge on any atom is 0.303 e. The van der Waals surface area contributed by atoms with E-state index in [0.29, 0.717) is 133 Å². The Bertz CT molecular complexity index is 4680. The highest BCUT2D eigenvalue weighted by Gasteiger charge is 2.40. The number of hydrogen-bond donors (Lipinski definition) is 8. The maximum absolute atomic E-state index is 14.4. The summed E-state index contributed by atoms with van der Waals surface area (Å²) in [5.74, 6) is -4.77. The van der Waals surface area contributed by atoms with Gasteiger partial charge in [-0.05, 0) is 245 Å². The summed E-state index contributed by atoms with van der Waals surface area (Å²) in [7, 11) is -9.22. The van der Waals surface area contributed by atoms with Gasteiger partial charge >= 0.3 is 23.9 Å². The monoisotopic (exact) mass is 1640 g/mol. The van der Waals surface area contributed by atoms with Crippen molar-refractivity contribution in [3.05, 3.63) is 235 Å². The van der Waals surface area contributed by atoms with Gasteiger partial charge in [0.05, 0.1) is 66.5 Å². The SMILES string of the molecule is Cc1cc2c(cc1Cl)C(NCCCCC(=O)O)c1ccccc1N(C)S2(=O)=O.Cc1cc2c(cc1F)C(NCCCCC(=O)O)c1ccccc1N(C)S2(=O)=O.Cc1cc2c(cc1F)C(NCCCCC(=O)O)c1ccccc1N(C)S2(=O)=O.Cc1cc2c(cc1F)C(NCCCCC(=O)O)c1ccccc1N(C)S2(=O)=O. The molecule has 4 aliphatic heterocycles. The number of benzene rings is 8. The van der Waals surface area contributed by atoms with Crippen molar-refractivity contribution in [2.24, 2.45) is 0 Å². The van der Waals surface area contributed by atoms with Gasteiger partial charge in [-0.25, -0.2) is 46.8 Å². The van der Waals surface area contributed by atoms with Crippen LogP contribution in [0, 0.1) is 45.1 Å². The maximum atomic E-state index is 14.4. The largest absolute Gasteiger partial charge is 0.481 e. The third kappa shape index (κ3) is 19.4. The van der Waals surface area contributed by atoms with Gasteiger partial charge in [0, 0.05) is 58.9 Å². The number of carbonyl (C=O) groups is 4. The van der Waals surface area contributed by atoms with E-state index >= 15 is 0 Å². The molecule has 32 heteroatoms. The molecule has 0 spiro atoms. The first kappa shape index (κ1) is 86.5. The highest BCUT2D eigenvalue weighted by Crippen LogP contribution is 2.46. The number of carboxylic acids is 4. The number of nitrogens with zero attached hydrogens (tertiary/aromatic N) is 4. The lowest BCUT2D eigenvalue weighted by atomic mass is 9.95. The third-order valence-corrected chi connectivity index (χ3v) is 27.7. The van der Waals surface area contributed by atoms with Crippen LogP contribution in [0.4, 0.5) is 35.9 Å². The van der Waals surface area contributed by atoms with Gasteiger partial charge in [0.2, 0.25) is 0 Å². The van der Waals surface area contributed by atoms with Crippen molar-refractivity contribution >= 4 is 98.3 Å². The first-order valence-electron chi connectivity index (χ1n) is 36.3. The molecule has 0 saturated carbocycles. The molecule has 112 heavy (non-hydrogen) atoms. The summed E-state index contributed by atoms with van der Waals surface area (Å²) in [4.78, 5) is 43.2. The standard InChI is InChI=1S/C20H23ClN2O4S.3C20H23FN2O4S/c4*1-13-11-18-15(12-16(13)21)20(22-10-6-5-9-19(24)25)14-7-3-4-8-17(14)23(2)28(18,26)27/h4*3-4,7-8,11-12,20,22H,5-6,9-10H2,1-2H3,(H,24,25). The van der Waals surface area contributed by atoms with Crippen LogP contribution in [0.5, 0.6) is 0 Å². The van der Waals surface area contributed by atoms with Crippen LogP contribution in [-0.4, -0.2) is 132 Å². The van der Waals surface area contributed by atoms with E-state index in [2.05, 4.69) is 21.3 Å². The molecule has 0 radical (unpaired) electrons. The van der Waals surface area contributed by atoms with Crippen LogP contribution >= 0.6 is 11.6 Å². The summed E-state index contributed by atoms with van der Waals surface area (Å²) in [5.41, 5.74) is 8.39. The fourth-order valence-electron chi connectivity index (χ4n) is 13.8. The van der Waals surface area contributed by atoms with E-state index in [1.54, 1.807) is 68.6 Å². The lowest BCUT2D eigenvalue weighted by Gasteiger charge is -2.22. The molecule has 4 aliphatic rings. The predicted octanol–water partition coefficient (Wildman–Crippen LogP) is 13.3. The number of sulfonamides is 4. The van der Waals surface area contributed by atoms with E-state index in [4.69, 9.17) is 32.0 Å². The molecular formula is C80H92ClF3N8O16S4. The number of nitrogens with one attached hydrogen (secondary N) is 4. The first-order chi connectivity index (χ1) is 52.9. The van der Waals surface area contributed by atoms with Crippen molar-refractivity contribution in [3.8, 4) is 0 Å². The Labute approximate surface area is 656 Å². The minimum Gasteiger partial charge on any atom is -0.481 e. The van der Waals surface area contributed by atoms with E-state index in [9.17, 15) is 66.0 Å². The summed E-state index contributed by atoms with van der Waals surface area (Å²) in [6.07, 6.45) is 4.89. The smallest absolute Gasteiger partial charge is 0.303 e. The minimum atomic E-state index is -3.84. The van der Waals surface area contributed by atoms with E-state index in [1.807, 2.05) is 54.6 Å². The average molecular weight is 1640 g/mol. The van der Waals surface area contributed by atoms with Gasteiger partial charge in [-0.1, -0.05) is 84.4 Å². The number of halogens is 4. The van der Waals surface area contributed by atoms with Crippen LogP contribution in [0.2, 0.25) is 5.02 Å². The first-order valence-corrected chi connectivity index (χ1v) is 42.4. The van der Waals surface area contributed by atoms with E-state index in [1.165, 1.54) is 95.5 Å². The number of carboxylic acid groups (broad SMARTS) is 4. The van der Waals surface area contributed by atoms with Gasteiger partial charge in [0.1, 0.15) is 17.5 Å². The van der Waals surface area contributed by atoms with Gasteiger partial charge in [0.25, 0.3) is 40.1 Å². The highest BCUT2D eigenvalue weighted by atomic mass is 35.5. The Morgan fingerprint density at radius 1 is 0.330 bits per heavy atom. The molecule has 0 saturated heterocycles. The molecule has 4 unspecified atom stereocenters. The second kappa shape index (κ2) is 37.0. The Kier molecular flexibility index (Phi) is 28.6. The van der Waals surface area contributed by atoms with Crippen LogP contribution in [0.25, 0.3) is 0 Å². The van der Waals surface area contributed by atoms with Crippen LogP contribution in [-0.2, 0) is 59.3 Å². The van der Waals surface area contributed by atoms with E-state index in [0.717, 1.165) is 22.3 Å². The quantitative estimate of drug-likeness (QED) is 0.0261. The summed E-state index contributed by atoms with van der Waals surface area (Å²) in [6, 6.07) is 38.1. The lowest BCUT2D eigenvalue weighted by Crippen LogP contribution is -2.26. The van der Waals surface area contributed by atoms with Crippen molar-refractivity contribution in [3.63, 3.8) is 0 Å². The molecule has 0 bridgehead atoms. The van der Waals surface area contributed by atoms with Crippen LogP contribution in [0.1, 0.15) is 168 Å². The fourth-order valence-corrected chi connectivity index (χ4v) is 20.1. The number of unbranched alkanes of at least 4 members (excludes halogenated alkanes) is 4. The zero-order valence-corrected chi connectivity index (χ0v) is 67.1. The van der Waals surface area contributed by atoms with Gasteiger partial charge in [-0.15, -0.1) is 0 Å². The molecule has 8 N–H and O–H groups in total. The molecule has 4 atom stereocenters. The highest BCUT2D eigenvalue weighted by molar-refractivity contribution is 7.93. The Balaban J connectivity index is 0.000000171. The minimum absolute atomic E-state index is 0.0739. The van der Waals surface area contributed by atoms with E-state index in [-0.39, 0.29) is 68.0 Å². The normalized spacial score (nSPS) is 17.5. The third-order valence-electron chi connectivity index (χ3n) is 20.0. The van der Waals surface area contributed by atoms with Crippen molar-refractivity contribution < 1.29 is 86.4 Å². The number of aryl methyl sites for hydroxylation is 4. The van der Waals surface area contributed by atoms with Crippen LogP contribution < -0.4 is 38.5 Å². The zero-order valence-electron chi connectivity index (χ0n) is 63.1. The van der Waals surface area contributed by atoms with Gasteiger partial charge in [-0.2, -0.15) is 0 Å². The molecule has 8 aromatic rings. The number of hydrogen-bond acceptors (Lipinski definition) is 16. The molecule has 24 nitrogen and oxygen atoms in total. The summed E-state index contributed by atoms with van der Waals surface area (Å²) in [5, 5.41) is 48.9. The number of anilines is 4. The summed E-state index contributed by atoms with van der Waals surface area (Å²) in [6.45, 7) is 8.39. The molecule has 0 aromatic heterocycles. The number of aliphatic carboxylic acids is 4. The van der Waals surface area contributed by atoms with E-state index < -0.39 is 99.5 Å². The predicted molar refractivity (Wildman–Crippen MR) is 423 cm³/mol. The average Bonchev–Trinajstić information content (AvgIpc) is 1.63. The van der Waals surface area contributed by atoms with Crippen molar-refractivity contribution in [2.75, 3.05) is 71.6 Å². The molecule has 12 rings (SSSR count). The number of para-hydroxylation sites is 4. The Morgan fingerprint density at radius 2 is 0.536 bits per heavy atom. The second-order valence-corrected chi connectivity index (χ2v) is 35.8. The topological polar surface area (TPSA) is 347 Å². The van der Waals surface area contributed by atoms with Gasteiger partial charge < -0.3 is 41.7 Å². The molecule has 0 aliphatic carbocycles. The van der Waals surface area contributed by atoms with Crippen molar-refractivity contribution in [2.45, 2.75) is 148 Å². The fraction of sp³-hybridized carbons (Fsp3) is 0.350. The van der Waals surface area contributed by atoms with Gasteiger partial charge in [-0.3, -0.25) is 36.4 Å². The zero-order chi connectivity index (χ0) is 81.9. The Morgan fingerprint density at radius 3 is 0.759 bits per heavy atom. The lowest BCUT2D eigenvalue weighted by molar-refractivity contribution is -0.138. The van der Waals surface area contributed by atoms with Crippen LogP contribution in [0.15, 0.2) is 165 Å². The van der Waals surface area contributed by atoms with Gasteiger partial charge in [0.15, 0.2) is 0 Å². The summed E-state index contributed by atoms with van der Waals surface area (Å²) >= 11 is 6.34. The molecule has 0 amide bonds. The molecular weight excluding hydrogens is 1550 g/mol. The molecule has 0 fully saturated rings. The molecule has 8 aromatic carbocycles. The second-order valence-electron chi connectivity index (χ2n) is 27.6. The van der Waals surface area contributed by atoms with Crippen molar-refractivity contribution in [1.82, 2.24) is 21.3 Å². The summed E-state index contributed by atoms with van der Waals surface area (Å²) < 4.78 is 154. The number of rotatable bonds is 24. The number of fused-ring (bicyclic) bond motifs is 8. The van der Waals surface area contributed by atoms with Crippen LogP contribution in [0.3, 0.4) is 0 Å².